The van der Waals surface area contributed by atoms with Gasteiger partial charge in [-0.15, -0.1) is 11.3 Å². The molecule has 2 rings (SSSR count). The number of hydrogen-bond donors (Lipinski definition) is 1. The molecule has 7 heteroatoms. The highest BCUT2D eigenvalue weighted by atomic mass is 32.2. The van der Waals surface area contributed by atoms with E-state index in [0.717, 1.165) is 12.8 Å². The van der Waals surface area contributed by atoms with Gasteiger partial charge in [0.2, 0.25) is 5.91 Å². The third-order valence-corrected chi connectivity index (χ3v) is 7.30. The van der Waals surface area contributed by atoms with Crippen LogP contribution in [0, 0.1) is 5.92 Å². The van der Waals surface area contributed by atoms with Crippen molar-refractivity contribution in [3.63, 3.8) is 0 Å². The zero-order valence-corrected chi connectivity index (χ0v) is 14.8. The maximum atomic E-state index is 12.4. The number of piperidine rings is 1. The summed E-state index contributed by atoms with van der Waals surface area (Å²) in [6.07, 6.45) is 3.20. The first-order chi connectivity index (χ1) is 10.4. The molecule has 1 amide bonds. The average Bonchev–Trinajstić information content (AvgIpc) is 3.02. The molecule has 1 aliphatic rings. The zero-order chi connectivity index (χ0) is 16.2. The number of carbonyl (C=O) groups is 1. The van der Waals surface area contributed by atoms with Gasteiger partial charge in [0.25, 0.3) is 10.0 Å². The third kappa shape index (κ3) is 4.08. The molecule has 1 aromatic heterocycles. The van der Waals surface area contributed by atoms with Crippen molar-refractivity contribution >= 4 is 27.3 Å². The maximum Gasteiger partial charge on any atom is 0.252 e. The van der Waals surface area contributed by atoms with Crippen molar-refractivity contribution in [2.24, 2.45) is 5.92 Å². The number of hydrogen-bond acceptors (Lipinski definition) is 4. The summed E-state index contributed by atoms with van der Waals surface area (Å²) in [5.74, 6) is -0.0109. The monoisotopic (exact) mass is 344 g/mol. The van der Waals surface area contributed by atoms with Crippen LogP contribution < -0.4 is 5.32 Å². The predicted molar refractivity (Wildman–Crippen MR) is 88.3 cm³/mol. The van der Waals surface area contributed by atoms with Crippen LogP contribution in [0.1, 0.15) is 39.5 Å². The van der Waals surface area contributed by atoms with E-state index in [9.17, 15) is 13.2 Å². The van der Waals surface area contributed by atoms with Gasteiger partial charge in [-0.05, 0) is 37.6 Å². The first-order valence-electron chi connectivity index (χ1n) is 7.79. The Kier molecular flexibility index (Phi) is 6.00. The molecule has 0 spiro atoms. The molecular formula is C15H24N2O3S2. The first kappa shape index (κ1) is 17.4. The molecule has 0 bridgehead atoms. The molecule has 1 unspecified atom stereocenters. The molecule has 0 aromatic carbocycles. The van der Waals surface area contributed by atoms with E-state index in [-0.39, 0.29) is 17.9 Å². The van der Waals surface area contributed by atoms with Crippen molar-refractivity contribution in [3.05, 3.63) is 17.5 Å². The van der Waals surface area contributed by atoms with E-state index in [1.165, 1.54) is 15.6 Å². The van der Waals surface area contributed by atoms with Gasteiger partial charge in [0.15, 0.2) is 0 Å². The molecule has 22 heavy (non-hydrogen) atoms. The van der Waals surface area contributed by atoms with Crippen LogP contribution in [-0.2, 0) is 14.8 Å². The van der Waals surface area contributed by atoms with E-state index in [0.29, 0.717) is 30.1 Å². The van der Waals surface area contributed by atoms with Crippen molar-refractivity contribution in [3.8, 4) is 0 Å². The number of sulfonamides is 1. The molecule has 0 saturated carbocycles. The highest BCUT2D eigenvalue weighted by molar-refractivity contribution is 7.91. The maximum absolute atomic E-state index is 12.4. The Balaban J connectivity index is 1.89. The standard InChI is InChI=1S/C15H24N2O3S2/c1-3-5-12(2)16-15(18)13-7-9-17(10-8-13)22(19,20)14-6-4-11-21-14/h4,6,11-13H,3,5,7-10H2,1-2H3,(H,16,18). The third-order valence-electron chi connectivity index (χ3n) is 4.02. The number of carbonyl (C=O) groups excluding carboxylic acids is 1. The Bertz CT molecular complexity index is 576. The van der Waals surface area contributed by atoms with Gasteiger partial charge in [-0.25, -0.2) is 8.42 Å². The van der Waals surface area contributed by atoms with Crippen LogP contribution in [0.2, 0.25) is 0 Å². The summed E-state index contributed by atoms with van der Waals surface area (Å²) >= 11 is 1.24. The van der Waals surface area contributed by atoms with Gasteiger partial charge in [-0.2, -0.15) is 4.31 Å². The molecule has 124 valence electrons. The van der Waals surface area contributed by atoms with Crippen molar-refractivity contribution < 1.29 is 13.2 Å². The van der Waals surface area contributed by atoms with Crippen LogP contribution in [0.25, 0.3) is 0 Å². The largest absolute Gasteiger partial charge is 0.353 e. The van der Waals surface area contributed by atoms with E-state index in [2.05, 4.69) is 12.2 Å². The summed E-state index contributed by atoms with van der Waals surface area (Å²) in [4.78, 5) is 12.2. The minimum atomic E-state index is -3.38. The summed E-state index contributed by atoms with van der Waals surface area (Å²) < 4.78 is 26.7. The molecule has 1 aliphatic heterocycles. The fourth-order valence-corrected chi connectivity index (χ4v) is 5.38. The highest BCUT2D eigenvalue weighted by Crippen LogP contribution is 2.26. The molecule has 5 nitrogen and oxygen atoms in total. The van der Waals surface area contributed by atoms with Gasteiger partial charge in [-0.1, -0.05) is 19.4 Å². The molecule has 0 radical (unpaired) electrons. The van der Waals surface area contributed by atoms with E-state index < -0.39 is 10.0 Å². The van der Waals surface area contributed by atoms with Crippen LogP contribution in [0.5, 0.6) is 0 Å². The van der Waals surface area contributed by atoms with Gasteiger partial charge in [0, 0.05) is 25.0 Å². The number of nitrogens with one attached hydrogen (secondary N) is 1. The number of amides is 1. The number of thiophene rings is 1. The van der Waals surface area contributed by atoms with E-state index in [1.54, 1.807) is 17.5 Å². The molecule has 1 N–H and O–H groups in total. The van der Waals surface area contributed by atoms with Crippen LogP contribution in [0.4, 0.5) is 0 Å². The molecule has 1 atom stereocenters. The molecular weight excluding hydrogens is 320 g/mol. The van der Waals surface area contributed by atoms with Crippen molar-refractivity contribution in [1.82, 2.24) is 9.62 Å². The van der Waals surface area contributed by atoms with E-state index >= 15 is 0 Å². The summed E-state index contributed by atoms with van der Waals surface area (Å²) in [5.41, 5.74) is 0. The fraction of sp³-hybridized carbons (Fsp3) is 0.667. The lowest BCUT2D eigenvalue weighted by atomic mass is 9.96. The lowest BCUT2D eigenvalue weighted by Gasteiger charge is -2.30. The fourth-order valence-electron chi connectivity index (χ4n) is 2.76. The number of nitrogens with zero attached hydrogens (tertiary/aromatic N) is 1. The second kappa shape index (κ2) is 7.57. The van der Waals surface area contributed by atoms with Crippen molar-refractivity contribution in [1.29, 1.82) is 0 Å². The minimum absolute atomic E-state index is 0.0640. The van der Waals surface area contributed by atoms with Gasteiger partial charge in [0.05, 0.1) is 0 Å². The zero-order valence-electron chi connectivity index (χ0n) is 13.1. The second-order valence-corrected chi connectivity index (χ2v) is 8.92. The Morgan fingerprint density at radius 1 is 1.45 bits per heavy atom. The Morgan fingerprint density at radius 2 is 2.14 bits per heavy atom. The van der Waals surface area contributed by atoms with Crippen LogP contribution in [-0.4, -0.2) is 37.8 Å². The molecule has 1 fully saturated rings. The predicted octanol–water partition coefficient (Wildman–Crippen LogP) is 2.45. The SMILES string of the molecule is CCCC(C)NC(=O)C1CCN(S(=O)(=O)c2cccs2)CC1. The van der Waals surface area contributed by atoms with Crippen LogP contribution in [0.3, 0.4) is 0 Å². The molecule has 1 saturated heterocycles. The summed E-state index contributed by atoms with van der Waals surface area (Å²) in [5, 5.41) is 4.79. The van der Waals surface area contributed by atoms with Gasteiger partial charge in [-0.3, -0.25) is 4.79 Å². The molecule has 2 heterocycles. The van der Waals surface area contributed by atoms with Gasteiger partial charge in [0.1, 0.15) is 4.21 Å². The van der Waals surface area contributed by atoms with Gasteiger partial charge >= 0.3 is 0 Å². The lowest BCUT2D eigenvalue weighted by Crippen LogP contribution is -2.44. The van der Waals surface area contributed by atoms with Crippen LogP contribution >= 0.6 is 11.3 Å². The summed E-state index contributed by atoms with van der Waals surface area (Å²) in [7, 11) is -3.38. The average molecular weight is 345 g/mol. The molecule has 0 aliphatic carbocycles. The summed E-state index contributed by atoms with van der Waals surface area (Å²) in [6.45, 7) is 4.94. The number of rotatable bonds is 6. The van der Waals surface area contributed by atoms with Crippen molar-refractivity contribution in [2.75, 3.05) is 13.1 Å². The van der Waals surface area contributed by atoms with E-state index in [4.69, 9.17) is 0 Å². The Labute approximate surface area is 136 Å². The Hall–Kier alpha value is -0.920. The topological polar surface area (TPSA) is 66.5 Å². The summed E-state index contributed by atoms with van der Waals surface area (Å²) in [6, 6.07) is 3.56. The van der Waals surface area contributed by atoms with Gasteiger partial charge < -0.3 is 5.32 Å². The van der Waals surface area contributed by atoms with Crippen molar-refractivity contribution in [2.45, 2.75) is 49.8 Å². The van der Waals surface area contributed by atoms with Crippen LogP contribution in [0.15, 0.2) is 21.7 Å². The highest BCUT2D eigenvalue weighted by Gasteiger charge is 2.32. The van der Waals surface area contributed by atoms with E-state index in [1.807, 2.05) is 6.92 Å². The minimum Gasteiger partial charge on any atom is -0.353 e. The Morgan fingerprint density at radius 3 is 2.68 bits per heavy atom. The normalized spacial score (nSPS) is 19.0. The first-order valence-corrected chi connectivity index (χ1v) is 10.1. The molecule has 1 aromatic rings. The smallest absolute Gasteiger partial charge is 0.252 e. The quantitative estimate of drug-likeness (QED) is 0.862. The second-order valence-electron chi connectivity index (χ2n) is 5.81. The lowest BCUT2D eigenvalue weighted by molar-refractivity contribution is -0.126.